The minimum Gasteiger partial charge on any atom is -0.377 e. The molecule has 0 radical (unpaired) electrons. The number of para-hydroxylation sites is 1. The van der Waals surface area contributed by atoms with Crippen LogP contribution in [0.1, 0.15) is 33.1 Å². The van der Waals surface area contributed by atoms with Crippen LogP contribution in [0.25, 0.3) is 0 Å². The van der Waals surface area contributed by atoms with E-state index in [0.717, 1.165) is 12.8 Å². The van der Waals surface area contributed by atoms with Crippen molar-refractivity contribution in [2.45, 2.75) is 39.2 Å². The summed E-state index contributed by atoms with van der Waals surface area (Å²) in [4.78, 5) is 10.8. The SMILES string of the molecule is CC1CC(C)CC(Nc2cccc(NN)c2[N+](=O)[O-])C1. The average molecular weight is 278 g/mol. The smallest absolute Gasteiger partial charge is 0.316 e. The van der Waals surface area contributed by atoms with Crippen molar-refractivity contribution in [3.63, 3.8) is 0 Å². The normalized spacial score (nSPS) is 26.1. The number of nitrogens with two attached hydrogens (primary N) is 1. The molecule has 4 N–H and O–H groups in total. The lowest BCUT2D eigenvalue weighted by atomic mass is 9.80. The highest BCUT2D eigenvalue weighted by molar-refractivity contribution is 5.76. The highest BCUT2D eigenvalue weighted by Crippen LogP contribution is 2.36. The largest absolute Gasteiger partial charge is 0.377 e. The van der Waals surface area contributed by atoms with Crippen LogP contribution in [-0.2, 0) is 0 Å². The van der Waals surface area contributed by atoms with Crippen LogP contribution in [0.2, 0.25) is 0 Å². The standard InChI is InChI=1S/C14H22N4O2/c1-9-6-10(2)8-11(7-9)16-12-4-3-5-13(17-15)14(12)18(19)20/h3-5,9-11,16-17H,6-8,15H2,1-2H3. The van der Waals surface area contributed by atoms with Crippen LogP contribution < -0.4 is 16.6 Å². The maximum atomic E-state index is 11.2. The number of benzene rings is 1. The molecule has 2 rings (SSSR count). The Hall–Kier alpha value is -1.82. The summed E-state index contributed by atoms with van der Waals surface area (Å²) in [5.41, 5.74) is 3.27. The molecule has 0 spiro atoms. The molecule has 20 heavy (non-hydrogen) atoms. The van der Waals surface area contributed by atoms with Gasteiger partial charge in [-0.15, -0.1) is 0 Å². The van der Waals surface area contributed by atoms with Gasteiger partial charge in [0, 0.05) is 6.04 Å². The number of anilines is 2. The van der Waals surface area contributed by atoms with E-state index in [2.05, 4.69) is 24.6 Å². The Labute approximate surface area is 118 Å². The number of nitrogens with zero attached hydrogens (tertiary/aromatic N) is 1. The third-order valence-corrected chi connectivity index (χ3v) is 3.91. The molecule has 1 aliphatic rings. The number of nitrogen functional groups attached to an aromatic ring is 1. The lowest BCUT2D eigenvalue weighted by molar-refractivity contribution is -0.383. The highest BCUT2D eigenvalue weighted by atomic mass is 16.6. The number of rotatable bonds is 4. The van der Waals surface area contributed by atoms with Gasteiger partial charge in [0.05, 0.1) is 4.92 Å². The first-order valence-electron chi connectivity index (χ1n) is 7.01. The summed E-state index contributed by atoms with van der Waals surface area (Å²) in [6.45, 7) is 4.47. The quantitative estimate of drug-likeness (QED) is 0.447. The average Bonchev–Trinajstić information content (AvgIpc) is 2.36. The van der Waals surface area contributed by atoms with Gasteiger partial charge in [-0.25, -0.2) is 0 Å². The first-order chi connectivity index (χ1) is 9.51. The van der Waals surface area contributed by atoms with Crippen molar-refractivity contribution < 1.29 is 4.92 Å². The van der Waals surface area contributed by atoms with Crippen LogP contribution in [0.5, 0.6) is 0 Å². The maximum absolute atomic E-state index is 11.2. The zero-order chi connectivity index (χ0) is 14.7. The molecule has 1 aromatic carbocycles. The molecule has 0 saturated heterocycles. The van der Waals surface area contributed by atoms with Gasteiger partial charge in [-0.2, -0.15) is 0 Å². The number of hydrogen-bond acceptors (Lipinski definition) is 5. The molecular formula is C14H22N4O2. The van der Waals surface area contributed by atoms with Gasteiger partial charge in [0.1, 0.15) is 11.4 Å². The molecule has 1 aliphatic carbocycles. The zero-order valence-corrected chi connectivity index (χ0v) is 11.9. The van der Waals surface area contributed by atoms with E-state index in [1.54, 1.807) is 18.2 Å². The van der Waals surface area contributed by atoms with Crippen LogP contribution in [0.15, 0.2) is 18.2 Å². The number of hydrogen-bond donors (Lipinski definition) is 3. The summed E-state index contributed by atoms with van der Waals surface area (Å²) in [7, 11) is 0. The van der Waals surface area contributed by atoms with Gasteiger partial charge in [0.15, 0.2) is 0 Å². The van der Waals surface area contributed by atoms with Crippen LogP contribution in [0.4, 0.5) is 17.1 Å². The topological polar surface area (TPSA) is 93.2 Å². The van der Waals surface area contributed by atoms with Crippen molar-refractivity contribution in [2.24, 2.45) is 17.7 Å². The fourth-order valence-electron chi connectivity index (χ4n) is 3.26. The lowest BCUT2D eigenvalue weighted by Crippen LogP contribution is -2.30. The number of hydrazine groups is 1. The molecule has 110 valence electrons. The monoisotopic (exact) mass is 278 g/mol. The van der Waals surface area contributed by atoms with Crippen molar-refractivity contribution in [3.8, 4) is 0 Å². The van der Waals surface area contributed by atoms with E-state index in [1.807, 2.05) is 0 Å². The van der Waals surface area contributed by atoms with E-state index >= 15 is 0 Å². The Morgan fingerprint density at radius 2 is 1.80 bits per heavy atom. The third-order valence-electron chi connectivity index (χ3n) is 3.91. The summed E-state index contributed by atoms with van der Waals surface area (Å²) in [6.07, 6.45) is 3.31. The Bertz CT molecular complexity index is 482. The second kappa shape index (κ2) is 6.09. The maximum Gasteiger partial charge on any atom is 0.316 e. The zero-order valence-electron chi connectivity index (χ0n) is 11.9. The van der Waals surface area contributed by atoms with Crippen LogP contribution in [0.3, 0.4) is 0 Å². The fraction of sp³-hybridized carbons (Fsp3) is 0.571. The summed E-state index contributed by atoms with van der Waals surface area (Å²) in [5, 5.41) is 14.6. The predicted octanol–water partition coefficient (Wildman–Crippen LogP) is 3.12. The third kappa shape index (κ3) is 3.19. The molecule has 0 amide bonds. The molecule has 0 aromatic heterocycles. The molecule has 0 heterocycles. The Balaban J connectivity index is 2.22. The van der Waals surface area contributed by atoms with E-state index in [4.69, 9.17) is 5.84 Å². The first-order valence-corrected chi connectivity index (χ1v) is 7.01. The van der Waals surface area contributed by atoms with Crippen molar-refractivity contribution in [1.82, 2.24) is 0 Å². The highest BCUT2D eigenvalue weighted by Gasteiger charge is 2.26. The van der Waals surface area contributed by atoms with Gasteiger partial charge in [0.2, 0.25) is 0 Å². The van der Waals surface area contributed by atoms with E-state index in [9.17, 15) is 10.1 Å². The van der Waals surface area contributed by atoms with Crippen molar-refractivity contribution in [2.75, 3.05) is 10.7 Å². The van der Waals surface area contributed by atoms with Gasteiger partial charge >= 0.3 is 5.69 Å². The van der Waals surface area contributed by atoms with Gasteiger partial charge in [-0.05, 0) is 43.2 Å². The molecule has 6 nitrogen and oxygen atoms in total. The Morgan fingerprint density at radius 3 is 2.35 bits per heavy atom. The second-order valence-corrected chi connectivity index (χ2v) is 5.86. The molecule has 1 saturated carbocycles. The van der Waals surface area contributed by atoms with Crippen LogP contribution >= 0.6 is 0 Å². The van der Waals surface area contributed by atoms with E-state index in [0.29, 0.717) is 23.2 Å². The van der Waals surface area contributed by atoms with Crippen LogP contribution in [0, 0.1) is 22.0 Å². The summed E-state index contributed by atoms with van der Waals surface area (Å²) in [5.74, 6) is 6.64. The van der Waals surface area contributed by atoms with Gasteiger partial charge < -0.3 is 10.7 Å². The van der Waals surface area contributed by atoms with Crippen molar-refractivity contribution in [3.05, 3.63) is 28.3 Å². The molecular weight excluding hydrogens is 256 g/mol. The molecule has 1 fully saturated rings. The number of nitro groups is 1. The van der Waals surface area contributed by atoms with E-state index in [-0.39, 0.29) is 11.7 Å². The van der Waals surface area contributed by atoms with Gasteiger partial charge in [0.25, 0.3) is 0 Å². The summed E-state index contributed by atoms with van der Waals surface area (Å²) < 4.78 is 0. The second-order valence-electron chi connectivity index (χ2n) is 5.86. The van der Waals surface area contributed by atoms with Crippen molar-refractivity contribution in [1.29, 1.82) is 0 Å². The first kappa shape index (κ1) is 14.6. The minimum absolute atomic E-state index is 0.0147. The lowest BCUT2D eigenvalue weighted by Gasteiger charge is -2.32. The summed E-state index contributed by atoms with van der Waals surface area (Å²) in [6, 6.07) is 5.39. The van der Waals surface area contributed by atoms with E-state index < -0.39 is 4.92 Å². The van der Waals surface area contributed by atoms with E-state index in [1.165, 1.54) is 6.42 Å². The Kier molecular flexibility index (Phi) is 4.44. The predicted molar refractivity (Wildman–Crippen MR) is 80.5 cm³/mol. The van der Waals surface area contributed by atoms with Crippen LogP contribution in [-0.4, -0.2) is 11.0 Å². The molecule has 1 aromatic rings. The molecule has 0 bridgehead atoms. The van der Waals surface area contributed by atoms with Crippen molar-refractivity contribution >= 4 is 17.1 Å². The van der Waals surface area contributed by atoms with Gasteiger partial charge in [-0.3, -0.25) is 16.0 Å². The van der Waals surface area contributed by atoms with Gasteiger partial charge in [-0.1, -0.05) is 19.9 Å². The fourth-order valence-corrected chi connectivity index (χ4v) is 3.26. The molecule has 0 aliphatic heterocycles. The summed E-state index contributed by atoms with van der Waals surface area (Å²) >= 11 is 0. The number of nitro benzene ring substituents is 1. The Morgan fingerprint density at radius 1 is 1.20 bits per heavy atom. The minimum atomic E-state index is -0.396. The molecule has 2 atom stereocenters. The number of nitrogens with one attached hydrogen (secondary N) is 2. The molecule has 6 heteroatoms. The molecule has 2 unspecified atom stereocenters.